The normalized spacial score (nSPS) is 12.8. The van der Waals surface area contributed by atoms with Gasteiger partial charge in [-0.15, -0.1) is 11.3 Å². The molecule has 0 fully saturated rings. The van der Waals surface area contributed by atoms with Gasteiger partial charge in [0.2, 0.25) is 5.91 Å². The van der Waals surface area contributed by atoms with Crippen LogP contribution in [-0.2, 0) is 4.79 Å². The lowest BCUT2D eigenvalue weighted by Gasteiger charge is -2.12. The second-order valence-corrected chi connectivity index (χ2v) is 6.92. The number of ether oxygens (including phenoxy) is 1. The number of amides is 3. The third-order valence-electron chi connectivity index (χ3n) is 4.30. The van der Waals surface area contributed by atoms with Crippen molar-refractivity contribution in [2.24, 2.45) is 0 Å². The molecule has 0 unspecified atom stereocenters. The monoisotopic (exact) mass is 393 g/mol. The van der Waals surface area contributed by atoms with E-state index in [1.807, 2.05) is 29.6 Å². The predicted molar refractivity (Wildman–Crippen MR) is 105 cm³/mol. The molecular weight excluding hydrogens is 378 g/mol. The quantitative estimate of drug-likeness (QED) is 0.673. The van der Waals surface area contributed by atoms with Gasteiger partial charge in [-0.1, -0.05) is 24.3 Å². The molecule has 1 aromatic heterocycles. The van der Waals surface area contributed by atoms with Crippen molar-refractivity contribution in [3.63, 3.8) is 0 Å². The van der Waals surface area contributed by atoms with E-state index in [1.54, 1.807) is 31.4 Å². The lowest BCUT2D eigenvalue weighted by atomic mass is 10.1. The van der Waals surface area contributed by atoms with Crippen molar-refractivity contribution in [2.45, 2.75) is 0 Å². The molecule has 1 aliphatic heterocycles. The number of carbonyl (C=O) groups is 3. The second kappa shape index (κ2) is 7.24. The van der Waals surface area contributed by atoms with Crippen LogP contribution >= 0.6 is 11.3 Å². The maximum Gasteiger partial charge on any atom is 0.262 e. The van der Waals surface area contributed by atoms with E-state index in [4.69, 9.17) is 4.74 Å². The Kier molecular flexibility index (Phi) is 4.62. The lowest BCUT2D eigenvalue weighted by molar-refractivity contribution is -0.116. The number of rotatable bonds is 5. The summed E-state index contributed by atoms with van der Waals surface area (Å²) in [5.74, 6) is -0.707. The summed E-state index contributed by atoms with van der Waals surface area (Å²) < 4.78 is 5.21. The molecule has 0 saturated heterocycles. The number of benzene rings is 2. The first-order valence-electron chi connectivity index (χ1n) is 8.42. The van der Waals surface area contributed by atoms with E-state index < -0.39 is 17.7 Å². The second-order valence-electron chi connectivity index (χ2n) is 6.06. The highest BCUT2D eigenvalue weighted by Crippen LogP contribution is 2.28. The molecule has 3 aromatic rings. The van der Waals surface area contributed by atoms with Gasteiger partial charge < -0.3 is 10.1 Å². The van der Waals surface area contributed by atoms with Crippen molar-refractivity contribution in [1.82, 2.24) is 9.88 Å². The molecule has 140 valence electrons. The number of anilines is 1. The van der Waals surface area contributed by atoms with E-state index in [0.717, 1.165) is 10.5 Å². The van der Waals surface area contributed by atoms with Gasteiger partial charge in [-0.2, -0.15) is 0 Å². The molecule has 4 rings (SSSR count). The number of carbonyl (C=O) groups excluding carboxylic acids is 3. The zero-order valence-electron chi connectivity index (χ0n) is 14.8. The summed E-state index contributed by atoms with van der Waals surface area (Å²) >= 11 is 1.26. The van der Waals surface area contributed by atoms with Crippen LogP contribution in [0.2, 0.25) is 0 Å². The largest absolute Gasteiger partial charge is 0.497 e. The Morgan fingerprint density at radius 3 is 2.50 bits per heavy atom. The summed E-state index contributed by atoms with van der Waals surface area (Å²) in [5.41, 5.74) is 2.18. The Balaban J connectivity index is 1.45. The van der Waals surface area contributed by atoms with Crippen LogP contribution in [0.5, 0.6) is 5.75 Å². The average Bonchev–Trinajstić information content (AvgIpc) is 3.27. The van der Waals surface area contributed by atoms with Crippen molar-refractivity contribution in [3.05, 3.63) is 65.0 Å². The van der Waals surface area contributed by atoms with Gasteiger partial charge in [0.05, 0.1) is 23.9 Å². The molecule has 0 radical (unpaired) electrons. The summed E-state index contributed by atoms with van der Waals surface area (Å²) in [6.45, 7) is -0.361. The molecule has 7 nitrogen and oxygen atoms in total. The Hall–Kier alpha value is -3.52. The molecule has 1 aliphatic rings. The van der Waals surface area contributed by atoms with Crippen LogP contribution in [0.3, 0.4) is 0 Å². The smallest absolute Gasteiger partial charge is 0.262 e. The predicted octanol–water partition coefficient (Wildman–Crippen LogP) is 3.05. The van der Waals surface area contributed by atoms with Crippen LogP contribution in [0, 0.1) is 0 Å². The molecule has 3 amide bonds. The van der Waals surface area contributed by atoms with Gasteiger partial charge in [-0.25, -0.2) is 4.98 Å². The summed E-state index contributed by atoms with van der Waals surface area (Å²) in [4.78, 5) is 42.4. The minimum atomic E-state index is -0.485. The van der Waals surface area contributed by atoms with E-state index in [9.17, 15) is 14.4 Å². The molecular formula is C20H15N3O4S. The molecule has 1 N–H and O–H groups in total. The van der Waals surface area contributed by atoms with Gasteiger partial charge in [0, 0.05) is 10.9 Å². The molecule has 0 atom stereocenters. The van der Waals surface area contributed by atoms with E-state index >= 15 is 0 Å². The number of fused-ring (bicyclic) bond motifs is 1. The van der Waals surface area contributed by atoms with Gasteiger partial charge in [-0.05, 0) is 24.3 Å². The number of nitrogens with zero attached hydrogens (tertiary/aromatic N) is 2. The Morgan fingerprint density at radius 2 is 1.82 bits per heavy atom. The number of aromatic nitrogens is 1. The van der Waals surface area contributed by atoms with Gasteiger partial charge in [0.25, 0.3) is 11.8 Å². The van der Waals surface area contributed by atoms with Crippen LogP contribution in [-0.4, -0.2) is 41.3 Å². The minimum Gasteiger partial charge on any atom is -0.497 e. The summed E-state index contributed by atoms with van der Waals surface area (Å²) in [7, 11) is 1.59. The molecule has 28 heavy (non-hydrogen) atoms. The fraction of sp³-hybridized carbons (Fsp3) is 0.100. The third-order valence-corrected chi connectivity index (χ3v) is 5.05. The molecule has 0 aliphatic carbocycles. The number of methoxy groups -OCH3 is 1. The Morgan fingerprint density at radius 1 is 1.11 bits per heavy atom. The zero-order chi connectivity index (χ0) is 19.7. The van der Waals surface area contributed by atoms with Gasteiger partial charge in [0.1, 0.15) is 12.3 Å². The Bertz CT molecular complexity index is 1060. The van der Waals surface area contributed by atoms with Crippen molar-refractivity contribution in [2.75, 3.05) is 19.0 Å². The standard InChI is InChI=1S/C20H15N3O4S/c1-27-13-6-4-5-12(9-13)16-11-28-20(21-16)22-17(24)10-23-18(25)14-7-2-3-8-15(14)19(23)26/h2-9,11H,10H2,1H3,(H,21,22,24). The maximum atomic E-state index is 12.3. The number of hydrogen-bond donors (Lipinski definition) is 1. The number of thiazole rings is 1. The highest BCUT2D eigenvalue weighted by molar-refractivity contribution is 7.14. The first-order chi connectivity index (χ1) is 13.6. The van der Waals surface area contributed by atoms with Crippen LogP contribution in [0.25, 0.3) is 11.3 Å². The summed E-state index contributed by atoms with van der Waals surface area (Å²) in [6.07, 6.45) is 0. The fourth-order valence-electron chi connectivity index (χ4n) is 2.93. The van der Waals surface area contributed by atoms with Crippen LogP contribution in [0.15, 0.2) is 53.9 Å². The van der Waals surface area contributed by atoms with Crippen molar-refractivity contribution >= 4 is 34.2 Å². The SMILES string of the molecule is COc1cccc(-c2csc(NC(=O)CN3C(=O)c4ccccc4C3=O)n2)c1. The van der Waals surface area contributed by atoms with Gasteiger partial charge in [-0.3, -0.25) is 19.3 Å². The van der Waals surface area contributed by atoms with E-state index in [2.05, 4.69) is 10.3 Å². The lowest BCUT2D eigenvalue weighted by Crippen LogP contribution is -2.37. The van der Waals surface area contributed by atoms with E-state index in [0.29, 0.717) is 27.7 Å². The van der Waals surface area contributed by atoms with Gasteiger partial charge >= 0.3 is 0 Å². The molecule has 0 saturated carbocycles. The number of hydrogen-bond acceptors (Lipinski definition) is 6. The third kappa shape index (κ3) is 3.25. The van der Waals surface area contributed by atoms with Crippen molar-refractivity contribution < 1.29 is 19.1 Å². The Labute approximate surface area is 164 Å². The fourth-order valence-corrected chi connectivity index (χ4v) is 3.67. The highest BCUT2D eigenvalue weighted by Gasteiger charge is 2.36. The molecule has 0 spiro atoms. The summed E-state index contributed by atoms with van der Waals surface area (Å²) in [6, 6.07) is 14.0. The van der Waals surface area contributed by atoms with Crippen LogP contribution in [0.1, 0.15) is 20.7 Å². The van der Waals surface area contributed by atoms with E-state index in [1.165, 1.54) is 11.3 Å². The number of imide groups is 1. The first-order valence-corrected chi connectivity index (χ1v) is 9.30. The first kappa shape index (κ1) is 17.9. The maximum absolute atomic E-state index is 12.3. The highest BCUT2D eigenvalue weighted by atomic mass is 32.1. The van der Waals surface area contributed by atoms with Crippen molar-refractivity contribution in [3.8, 4) is 17.0 Å². The molecule has 0 bridgehead atoms. The van der Waals surface area contributed by atoms with Crippen molar-refractivity contribution in [1.29, 1.82) is 0 Å². The van der Waals surface area contributed by atoms with E-state index in [-0.39, 0.29) is 6.54 Å². The zero-order valence-corrected chi connectivity index (χ0v) is 15.7. The molecule has 2 heterocycles. The topological polar surface area (TPSA) is 88.6 Å². The average molecular weight is 393 g/mol. The van der Waals surface area contributed by atoms with Gasteiger partial charge in [0.15, 0.2) is 5.13 Å². The number of nitrogens with one attached hydrogen (secondary N) is 1. The molecule has 2 aromatic carbocycles. The molecule has 8 heteroatoms. The van der Waals surface area contributed by atoms with Crippen LogP contribution < -0.4 is 10.1 Å². The minimum absolute atomic E-state index is 0.315. The summed E-state index contributed by atoms with van der Waals surface area (Å²) in [5, 5.41) is 4.85. The van der Waals surface area contributed by atoms with Crippen LogP contribution in [0.4, 0.5) is 5.13 Å².